The lowest BCUT2D eigenvalue weighted by atomic mass is 10.1. The second-order valence-corrected chi connectivity index (χ2v) is 3.77. The van der Waals surface area contributed by atoms with Crippen molar-refractivity contribution in [2.75, 3.05) is 30.4 Å². The van der Waals surface area contributed by atoms with E-state index in [0.29, 0.717) is 11.9 Å². The minimum atomic E-state index is 0.459. The van der Waals surface area contributed by atoms with Crippen molar-refractivity contribution in [1.82, 2.24) is 4.98 Å². The number of anilines is 2. The summed E-state index contributed by atoms with van der Waals surface area (Å²) in [6.07, 6.45) is 2.84. The first-order valence-electron chi connectivity index (χ1n) is 5.37. The van der Waals surface area contributed by atoms with E-state index in [4.69, 9.17) is 10.5 Å². The summed E-state index contributed by atoms with van der Waals surface area (Å²) in [7, 11) is 0. The quantitative estimate of drug-likeness (QED) is 0.793. The summed E-state index contributed by atoms with van der Waals surface area (Å²) in [6.45, 7) is 4.70. The molecule has 0 amide bonds. The normalized spacial score (nSPS) is 21.7. The number of morpholine rings is 1. The van der Waals surface area contributed by atoms with Crippen LogP contribution >= 0.6 is 0 Å². The van der Waals surface area contributed by atoms with Gasteiger partial charge in [-0.1, -0.05) is 6.92 Å². The number of nitrogens with two attached hydrogens (primary N) is 1. The monoisotopic (exact) mass is 207 g/mol. The maximum absolute atomic E-state index is 5.68. The van der Waals surface area contributed by atoms with E-state index in [1.807, 2.05) is 12.1 Å². The van der Waals surface area contributed by atoms with Crippen LogP contribution < -0.4 is 10.6 Å². The molecule has 2 N–H and O–H groups in total. The molecular weight excluding hydrogens is 190 g/mol. The molecule has 0 radical (unpaired) electrons. The fraction of sp³-hybridized carbons (Fsp3) is 0.545. The zero-order chi connectivity index (χ0) is 10.7. The van der Waals surface area contributed by atoms with Crippen molar-refractivity contribution in [3.05, 3.63) is 18.3 Å². The van der Waals surface area contributed by atoms with Gasteiger partial charge in [0.2, 0.25) is 0 Å². The molecule has 0 aromatic carbocycles. The third kappa shape index (κ3) is 2.21. The standard InChI is InChI=1S/C11H17N3O/c1-2-9-8-15-6-5-14(9)10-3-4-13-11(12)7-10/h3-4,7,9H,2,5-6,8H2,1H3,(H2,12,13). The van der Waals surface area contributed by atoms with Crippen LogP contribution in [0.25, 0.3) is 0 Å². The molecule has 15 heavy (non-hydrogen) atoms. The molecule has 1 unspecified atom stereocenters. The number of nitrogen functional groups attached to an aromatic ring is 1. The van der Waals surface area contributed by atoms with Crippen LogP contribution in [0.3, 0.4) is 0 Å². The summed E-state index contributed by atoms with van der Waals surface area (Å²) >= 11 is 0. The van der Waals surface area contributed by atoms with Crippen molar-refractivity contribution in [2.45, 2.75) is 19.4 Å². The molecule has 0 spiro atoms. The lowest BCUT2D eigenvalue weighted by molar-refractivity contribution is 0.0930. The lowest BCUT2D eigenvalue weighted by Crippen LogP contribution is -2.45. The molecule has 1 aromatic heterocycles. The lowest BCUT2D eigenvalue weighted by Gasteiger charge is -2.36. The predicted molar refractivity (Wildman–Crippen MR) is 60.9 cm³/mol. The van der Waals surface area contributed by atoms with Gasteiger partial charge in [0.15, 0.2) is 0 Å². The summed E-state index contributed by atoms with van der Waals surface area (Å²) in [5.74, 6) is 0.578. The Hall–Kier alpha value is -1.29. The van der Waals surface area contributed by atoms with E-state index in [1.54, 1.807) is 6.20 Å². The van der Waals surface area contributed by atoms with Crippen LogP contribution in [0.5, 0.6) is 0 Å². The number of ether oxygens (including phenoxy) is 1. The van der Waals surface area contributed by atoms with Crippen LogP contribution in [0, 0.1) is 0 Å². The largest absolute Gasteiger partial charge is 0.384 e. The molecule has 82 valence electrons. The van der Waals surface area contributed by atoms with Gasteiger partial charge in [0.1, 0.15) is 5.82 Å². The van der Waals surface area contributed by atoms with Gasteiger partial charge in [0.05, 0.1) is 19.3 Å². The van der Waals surface area contributed by atoms with E-state index in [2.05, 4.69) is 16.8 Å². The van der Waals surface area contributed by atoms with Crippen molar-refractivity contribution in [3.8, 4) is 0 Å². The molecule has 0 saturated carbocycles. The highest BCUT2D eigenvalue weighted by Gasteiger charge is 2.21. The highest BCUT2D eigenvalue weighted by atomic mass is 16.5. The molecule has 2 rings (SSSR count). The fourth-order valence-corrected chi connectivity index (χ4v) is 1.95. The van der Waals surface area contributed by atoms with E-state index in [9.17, 15) is 0 Å². The fourth-order valence-electron chi connectivity index (χ4n) is 1.95. The number of hydrogen-bond acceptors (Lipinski definition) is 4. The Morgan fingerprint density at radius 3 is 3.27 bits per heavy atom. The van der Waals surface area contributed by atoms with Gasteiger partial charge >= 0.3 is 0 Å². The third-order valence-electron chi connectivity index (χ3n) is 2.80. The average molecular weight is 207 g/mol. The molecule has 1 aliphatic heterocycles. The van der Waals surface area contributed by atoms with Crippen molar-refractivity contribution in [2.24, 2.45) is 0 Å². The third-order valence-corrected chi connectivity index (χ3v) is 2.80. The number of rotatable bonds is 2. The summed E-state index contributed by atoms with van der Waals surface area (Å²) < 4.78 is 5.47. The molecule has 1 atom stereocenters. The van der Waals surface area contributed by atoms with Crippen LogP contribution in [-0.4, -0.2) is 30.8 Å². The second-order valence-electron chi connectivity index (χ2n) is 3.77. The van der Waals surface area contributed by atoms with Crippen molar-refractivity contribution < 1.29 is 4.74 Å². The highest BCUT2D eigenvalue weighted by Crippen LogP contribution is 2.21. The minimum Gasteiger partial charge on any atom is -0.384 e. The first-order chi connectivity index (χ1) is 7.31. The van der Waals surface area contributed by atoms with Crippen molar-refractivity contribution in [3.63, 3.8) is 0 Å². The summed E-state index contributed by atoms with van der Waals surface area (Å²) in [4.78, 5) is 6.35. The summed E-state index contributed by atoms with van der Waals surface area (Å²) in [5, 5.41) is 0. The SMILES string of the molecule is CCC1COCCN1c1ccnc(N)c1. The molecule has 2 heterocycles. The molecule has 0 aliphatic carbocycles. The Morgan fingerprint density at radius 1 is 1.67 bits per heavy atom. The molecule has 4 heteroatoms. The number of aromatic nitrogens is 1. The second kappa shape index (κ2) is 4.49. The van der Waals surface area contributed by atoms with Crippen LogP contribution in [0.4, 0.5) is 11.5 Å². The van der Waals surface area contributed by atoms with Crippen LogP contribution in [0.1, 0.15) is 13.3 Å². The Labute approximate surface area is 90.0 Å². The van der Waals surface area contributed by atoms with Gasteiger partial charge in [0.25, 0.3) is 0 Å². The van der Waals surface area contributed by atoms with E-state index < -0.39 is 0 Å². The summed E-state index contributed by atoms with van der Waals surface area (Å²) in [6, 6.07) is 4.39. The maximum atomic E-state index is 5.68. The molecule has 1 aromatic rings. The van der Waals surface area contributed by atoms with Gasteiger partial charge in [-0.2, -0.15) is 0 Å². The zero-order valence-electron chi connectivity index (χ0n) is 9.02. The number of hydrogen-bond donors (Lipinski definition) is 1. The van der Waals surface area contributed by atoms with E-state index in [0.717, 1.165) is 31.9 Å². The van der Waals surface area contributed by atoms with Gasteiger partial charge in [-0.15, -0.1) is 0 Å². The zero-order valence-corrected chi connectivity index (χ0v) is 9.02. The van der Waals surface area contributed by atoms with E-state index in [1.165, 1.54) is 0 Å². The molecule has 4 nitrogen and oxygen atoms in total. The Balaban J connectivity index is 2.20. The predicted octanol–water partition coefficient (Wildman–Crippen LogP) is 1.28. The van der Waals surface area contributed by atoms with Crippen LogP contribution in [-0.2, 0) is 4.74 Å². The van der Waals surface area contributed by atoms with Gasteiger partial charge in [-0.05, 0) is 12.5 Å². The molecule has 0 bridgehead atoms. The average Bonchev–Trinajstić information content (AvgIpc) is 2.29. The molecule has 1 fully saturated rings. The van der Waals surface area contributed by atoms with Gasteiger partial charge in [-0.3, -0.25) is 0 Å². The van der Waals surface area contributed by atoms with Crippen LogP contribution in [0.2, 0.25) is 0 Å². The molecule has 1 saturated heterocycles. The summed E-state index contributed by atoms with van der Waals surface area (Å²) in [5.41, 5.74) is 6.83. The van der Waals surface area contributed by atoms with Crippen LogP contribution in [0.15, 0.2) is 18.3 Å². The molecular formula is C11H17N3O. The van der Waals surface area contributed by atoms with Crippen molar-refractivity contribution in [1.29, 1.82) is 0 Å². The first kappa shape index (κ1) is 10.2. The smallest absolute Gasteiger partial charge is 0.125 e. The van der Waals surface area contributed by atoms with Gasteiger partial charge < -0.3 is 15.4 Å². The first-order valence-corrected chi connectivity index (χ1v) is 5.37. The maximum Gasteiger partial charge on any atom is 0.125 e. The Bertz CT molecular complexity index is 329. The molecule has 1 aliphatic rings. The van der Waals surface area contributed by atoms with E-state index in [-0.39, 0.29) is 0 Å². The highest BCUT2D eigenvalue weighted by molar-refractivity contribution is 5.53. The van der Waals surface area contributed by atoms with Crippen molar-refractivity contribution >= 4 is 11.5 Å². The number of pyridine rings is 1. The van der Waals surface area contributed by atoms with E-state index >= 15 is 0 Å². The topological polar surface area (TPSA) is 51.4 Å². The van der Waals surface area contributed by atoms with Gasteiger partial charge in [0, 0.05) is 24.5 Å². The van der Waals surface area contributed by atoms with Gasteiger partial charge in [-0.25, -0.2) is 4.98 Å². The number of nitrogens with zero attached hydrogens (tertiary/aromatic N) is 2. The Kier molecular flexibility index (Phi) is 3.06. The Morgan fingerprint density at radius 2 is 2.53 bits per heavy atom. The minimum absolute atomic E-state index is 0.459.